The Labute approximate surface area is 137 Å². The normalized spacial score (nSPS) is 10.2. The second kappa shape index (κ2) is 7.48. The zero-order valence-electron chi connectivity index (χ0n) is 11.6. The van der Waals surface area contributed by atoms with E-state index in [1.807, 2.05) is 42.5 Å². The average Bonchev–Trinajstić information content (AvgIpc) is 2.49. The van der Waals surface area contributed by atoms with Crippen LogP contribution in [0.2, 0.25) is 5.02 Å². The summed E-state index contributed by atoms with van der Waals surface area (Å²) in [7, 11) is 1.64. The van der Waals surface area contributed by atoms with Crippen LogP contribution < -0.4 is 10.6 Å². The zero-order valence-corrected chi connectivity index (χ0v) is 14.0. The molecule has 0 saturated heterocycles. The molecule has 0 aliphatic carbocycles. The zero-order chi connectivity index (χ0) is 15.2. The number of hydrogen-bond acceptors (Lipinski definition) is 2. The largest absolute Gasteiger partial charge is 0.381 e. The van der Waals surface area contributed by atoms with Gasteiger partial charge >= 0.3 is 0 Å². The van der Waals surface area contributed by atoms with Crippen molar-refractivity contribution in [1.29, 1.82) is 0 Å². The summed E-state index contributed by atoms with van der Waals surface area (Å²) < 4.78 is 0.877. The van der Waals surface area contributed by atoms with Crippen molar-refractivity contribution in [3.8, 4) is 0 Å². The molecule has 110 valence electrons. The number of para-hydroxylation sites is 1. The highest BCUT2D eigenvalue weighted by atomic mass is 79.9. The van der Waals surface area contributed by atoms with Crippen molar-refractivity contribution in [2.75, 3.05) is 12.4 Å². The number of anilines is 1. The molecule has 2 aromatic rings. The van der Waals surface area contributed by atoms with E-state index in [0.29, 0.717) is 18.0 Å². The minimum absolute atomic E-state index is 0.00140. The number of nitrogens with one attached hydrogen (secondary N) is 2. The van der Waals surface area contributed by atoms with Gasteiger partial charge in [-0.05, 0) is 45.3 Å². The predicted molar refractivity (Wildman–Crippen MR) is 90.7 cm³/mol. The summed E-state index contributed by atoms with van der Waals surface area (Å²) in [6.45, 7) is 0.667. The molecule has 0 aromatic heterocycles. The summed E-state index contributed by atoms with van der Waals surface area (Å²) in [4.78, 5) is 11.5. The SMILES string of the molecule is CNC(=O)Cc1ccccc1NCc1ccc(Cl)c(Br)c1. The minimum atomic E-state index is -0.00140. The van der Waals surface area contributed by atoms with Gasteiger partial charge in [0.05, 0.1) is 11.4 Å². The standard InChI is InChI=1S/C16H16BrClN2O/c1-19-16(21)9-12-4-2-3-5-15(12)20-10-11-6-7-14(18)13(17)8-11/h2-8,20H,9-10H2,1H3,(H,19,21). The van der Waals surface area contributed by atoms with Crippen LogP contribution in [0.1, 0.15) is 11.1 Å². The van der Waals surface area contributed by atoms with E-state index in [4.69, 9.17) is 11.6 Å². The lowest BCUT2D eigenvalue weighted by Crippen LogP contribution is -2.20. The average molecular weight is 368 g/mol. The van der Waals surface area contributed by atoms with Crippen molar-refractivity contribution in [2.45, 2.75) is 13.0 Å². The maximum Gasteiger partial charge on any atom is 0.224 e. The molecule has 21 heavy (non-hydrogen) atoms. The van der Waals surface area contributed by atoms with E-state index in [1.54, 1.807) is 7.05 Å². The fourth-order valence-electron chi connectivity index (χ4n) is 1.96. The molecule has 0 saturated carbocycles. The number of likely N-dealkylation sites (N-methyl/N-ethyl adjacent to an activating group) is 1. The Morgan fingerprint density at radius 1 is 1.24 bits per heavy atom. The quantitative estimate of drug-likeness (QED) is 0.838. The van der Waals surface area contributed by atoms with E-state index in [9.17, 15) is 4.79 Å². The van der Waals surface area contributed by atoms with Gasteiger partial charge in [-0.25, -0.2) is 0 Å². The Bertz CT molecular complexity index is 646. The van der Waals surface area contributed by atoms with Crippen molar-refractivity contribution < 1.29 is 4.79 Å². The molecule has 0 bridgehead atoms. The molecule has 0 spiro atoms. The van der Waals surface area contributed by atoms with E-state index < -0.39 is 0 Å². The van der Waals surface area contributed by atoms with Crippen LogP contribution in [0.4, 0.5) is 5.69 Å². The summed E-state index contributed by atoms with van der Waals surface area (Å²) in [5.74, 6) is -0.00140. The van der Waals surface area contributed by atoms with Crippen LogP contribution >= 0.6 is 27.5 Å². The highest BCUT2D eigenvalue weighted by Gasteiger charge is 2.06. The molecule has 2 aromatic carbocycles. The van der Waals surface area contributed by atoms with Gasteiger partial charge in [-0.3, -0.25) is 4.79 Å². The number of amides is 1. The summed E-state index contributed by atoms with van der Waals surface area (Å²) >= 11 is 9.40. The monoisotopic (exact) mass is 366 g/mol. The first kappa shape index (κ1) is 15.9. The van der Waals surface area contributed by atoms with E-state index in [-0.39, 0.29) is 5.91 Å². The lowest BCUT2D eigenvalue weighted by atomic mass is 10.1. The van der Waals surface area contributed by atoms with Crippen LogP contribution in [0.3, 0.4) is 0 Å². The van der Waals surface area contributed by atoms with Gasteiger partial charge in [-0.15, -0.1) is 0 Å². The number of carbonyl (C=O) groups is 1. The third kappa shape index (κ3) is 4.48. The van der Waals surface area contributed by atoms with Gasteiger partial charge in [0, 0.05) is 23.8 Å². The van der Waals surface area contributed by atoms with E-state index >= 15 is 0 Å². The number of hydrogen-bond donors (Lipinski definition) is 2. The molecule has 0 aliphatic rings. The third-order valence-electron chi connectivity index (χ3n) is 3.11. The molecule has 5 heteroatoms. The van der Waals surface area contributed by atoms with Gasteiger partial charge in [-0.1, -0.05) is 35.9 Å². The number of benzene rings is 2. The van der Waals surface area contributed by atoms with Crippen LogP contribution in [0.5, 0.6) is 0 Å². The van der Waals surface area contributed by atoms with E-state index in [0.717, 1.165) is 21.3 Å². The maximum atomic E-state index is 11.5. The molecule has 2 N–H and O–H groups in total. The van der Waals surface area contributed by atoms with Gasteiger partial charge in [0.1, 0.15) is 0 Å². The Morgan fingerprint density at radius 3 is 2.71 bits per heavy atom. The molecule has 0 unspecified atom stereocenters. The molecule has 0 fully saturated rings. The minimum Gasteiger partial charge on any atom is -0.381 e. The van der Waals surface area contributed by atoms with E-state index in [1.165, 1.54) is 0 Å². The molecule has 0 aliphatic heterocycles. The van der Waals surface area contributed by atoms with Crippen molar-refractivity contribution in [3.63, 3.8) is 0 Å². The van der Waals surface area contributed by atoms with Crippen molar-refractivity contribution in [2.24, 2.45) is 0 Å². The molecule has 2 rings (SSSR count). The van der Waals surface area contributed by atoms with Crippen LogP contribution in [0.25, 0.3) is 0 Å². The number of rotatable bonds is 5. The number of halogens is 2. The predicted octanol–water partition coefficient (Wildman–Crippen LogP) is 4.00. The fraction of sp³-hybridized carbons (Fsp3) is 0.188. The van der Waals surface area contributed by atoms with Crippen LogP contribution in [-0.4, -0.2) is 13.0 Å². The Morgan fingerprint density at radius 2 is 2.00 bits per heavy atom. The van der Waals surface area contributed by atoms with Crippen molar-refractivity contribution in [1.82, 2.24) is 5.32 Å². The molecule has 0 heterocycles. The number of carbonyl (C=O) groups excluding carboxylic acids is 1. The smallest absolute Gasteiger partial charge is 0.224 e. The molecule has 0 atom stereocenters. The first-order chi connectivity index (χ1) is 10.1. The van der Waals surface area contributed by atoms with Gasteiger partial charge in [0.15, 0.2) is 0 Å². The lowest BCUT2D eigenvalue weighted by Gasteiger charge is -2.12. The highest BCUT2D eigenvalue weighted by molar-refractivity contribution is 9.10. The molecule has 1 amide bonds. The lowest BCUT2D eigenvalue weighted by molar-refractivity contribution is -0.119. The van der Waals surface area contributed by atoms with Crippen molar-refractivity contribution >= 4 is 39.1 Å². The van der Waals surface area contributed by atoms with Gasteiger partial charge in [-0.2, -0.15) is 0 Å². The first-order valence-corrected chi connectivity index (χ1v) is 7.73. The fourth-order valence-corrected chi connectivity index (χ4v) is 2.50. The van der Waals surface area contributed by atoms with E-state index in [2.05, 4.69) is 26.6 Å². The van der Waals surface area contributed by atoms with Gasteiger partial charge < -0.3 is 10.6 Å². The highest BCUT2D eigenvalue weighted by Crippen LogP contribution is 2.24. The topological polar surface area (TPSA) is 41.1 Å². The van der Waals surface area contributed by atoms with Crippen molar-refractivity contribution in [3.05, 3.63) is 63.1 Å². The summed E-state index contributed by atoms with van der Waals surface area (Å²) in [5, 5.41) is 6.70. The molecule has 0 radical (unpaired) electrons. The second-order valence-electron chi connectivity index (χ2n) is 4.61. The van der Waals surface area contributed by atoms with Crippen LogP contribution in [0.15, 0.2) is 46.9 Å². The Hall–Kier alpha value is -1.52. The van der Waals surface area contributed by atoms with Crippen LogP contribution in [0, 0.1) is 0 Å². The Kier molecular flexibility index (Phi) is 5.65. The summed E-state index contributed by atoms with van der Waals surface area (Å²) in [6, 6.07) is 13.6. The summed E-state index contributed by atoms with van der Waals surface area (Å²) in [6.07, 6.45) is 0.365. The molecule has 3 nitrogen and oxygen atoms in total. The third-order valence-corrected chi connectivity index (χ3v) is 4.33. The maximum absolute atomic E-state index is 11.5. The first-order valence-electron chi connectivity index (χ1n) is 6.56. The summed E-state index contributed by atoms with van der Waals surface area (Å²) in [5.41, 5.74) is 3.05. The Balaban J connectivity index is 2.09. The van der Waals surface area contributed by atoms with Gasteiger partial charge in [0.25, 0.3) is 0 Å². The molecular weight excluding hydrogens is 352 g/mol. The van der Waals surface area contributed by atoms with Crippen LogP contribution in [-0.2, 0) is 17.8 Å². The van der Waals surface area contributed by atoms with Gasteiger partial charge in [0.2, 0.25) is 5.91 Å². The second-order valence-corrected chi connectivity index (χ2v) is 5.87. The molecular formula is C16H16BrClN2O.